The van der Waals surface area contributed by atoms with E-state index in [1.807, 2.05) is 30.3 Å². The summed E-state index contributed by atoms with van der Waals surface area (Å²) in [5.74, 6) is 1.60. The zero-order valence-electron chi connectivity index (χ0n) is 11.2. The van der Waals surface area contributed by atoms with Crippen LogP contribution in [0.2, 0.25) is 0 Å². The predicted octanol–water partition coefficient (Wildman–Crippen LogP) is 2.21. The quantitative estimate of drug-likeness (QED) is 0.663. The molecular formula is C14H18N2O2S. The van der Waals surface area contributed by atoms with E-state index in [1.165, 1.54) is 4.90 Å². The third-order valence-corrected chi connectivity index (χ3v) is 4.17. The first-order chi connectivity index (χ1) is 9.09. The standard InChI is InChI=1S/C14H18N2O2S/c1-3-19-10-9-16-12(17)14(2,15-13(16)18)11-7-5-4-6-8-11/h4-8H,3,9-10H2,1-2H3,(H,15,18). The van der Waals surface area contributed by atoms with Crippen molar-refractivity contribution in [2.75, 3.05) is 18.1 Å². The van der Waals surface area contributed by atoms with Gasteiger partial charge in [-0.15, -0.1) is 0 Å². The highest BCUT2D eigenvalue weighted by atomic mass is 32.2. The molecule has 3 amide bonds. The molecule has 0 spiro atoms. The van der Waals surface area contributed by atoms with E-state index in [4.69, 9.17) is 0 Å². The SMILES string of the molecule is CCSCCN1C(=O)NC(C)(c2ccccc2)C1=O. The highest BCUT2D eigenvalue weighted by Gasteiger charge is 2.48. The molecule has 0 aromatic heterocycles. The predicted molar refractivity (Wildman–Crippen MR) is 77.0 cm³/mol. The number of urea groups is 1. The van der Waals surface area contributed by atoms with Crippen LogP contribution < -0.4 is 5.32 Å². The van der Waals surface area contributed by atoms with E-state index in [1.54, 1.807) is 18.7 Å². The molecule has 2 rings (SSSR count). The molecule has 5 heteroatoms. The Bertz CT molecular complexity index is 478. The maximum atomic E-state index is 12.5. The summed E-state index contributed by atoms with van der Waals surface area (Å²) in [7, 11) is 0. The van der Waals surface area contributed by atoms with E-state index >= 15 is 0 Å². The van der Waals surface area contributed by atoms with Gasteiger partial charge in [0.2, 0.25) is 0 Å². The summed E-state index contributed by atoms with van der Waals surface area (Å²) in [5, 5.41) is 2.80. The van der Waals surface area contributed by atoms with Crippen molar-refractivity contribution in [3.05, 3.63) is 35.9 Å². The number of benzene rings is 1. The molecule has 102 valence electrons. The lowest BCUT2D eigenvalue weighted by Crippen LogP contribution is -2.41. The molecule has 1 heterocycles. The molecule has 1 N–H and O–H groups in total. The Morgan fingerprint density at radius 3 is 2.58 bits per heavy atom. The second-order valence-corrected chi connectivity index (χ2v) is 5.97. The molecule has 0 saturated carbocycles. The van der Waals surface area contributed by atoms with Crippen molar-refractivity contribution in [2.24, 2.45) is 0 Å². The van der Waals surface area contributed by atoms with Gasteiger partial charge in [-0.1, -0.05) is 37.3 Å². The number of carbonyl (C=O) groups excluding carboxylic acids is 2. The van der Waals surface area contributed by atoms with E-state index in [0.29, 0.717) is 6.54 Å². The largest absolute Gasteiger partial charge is 0.325 e. The zero-order valence-corrected chi connectivity index (χ0v) is 12.0. The summed E-state index contributed by atoms with van der Waals surface area (Å²) in [6, 6.07) is 9.06. The maximum absolute atomic E-state index is 12.5. The van der Waals surface area contributed by atoms with Gasteiger partial charge >= 0.3 is 6.03 Å². The molecule has 1 saturated heterocycles. The van der Waals surface area contributed by atoms with Crippen LogP contribution in [0.15, 0.2) is 30.3 Å². The van der Waals surface area contributed by atoms with Crippen LogP contribution in [0.4, 0.5) is 4.79 Å². The minimum absolute atomic E-state index is 0.166. The van der Waals surface area contributed by atoms with Crippen LogP contribution in [0, 0.1) is 0 Å². The van der Waals surface area contributed by atoms with Crippen LogP contribution in [0.1, 0.15) is 19.4 Å². The highest BCUT2D eigenvalue weighted by molar-refractivity contribution is 7.99. The lowest BCUT2D eigenvalue weighted by Gasteiger charge is -2.22. The number of hydrogen-bond donors (Lipinski definition) is 1. The van der Waals surface area contributed by atoms with Crippen LogP contribution in [-0.4, -0.2) is 34.9 Å². The second-order valence-electron chi connectivity index (χ2n) is 4.57. The van der Waals surface area contributed by atoms with Gasteiger partial charge < -0.3 is 5.32 Å². The lowest BCUT2D eigenvalue weighted by molar-refractivity contribution is -0.130. The van der Waals surface area contributed by atoms with Crippen LogP contribution in [0.5, 0.6) is 0 Å². The Kier molecular flexibility index (Phi) is 4.14. The summed E-state index contributed by atoms with van der Waals surface area (Å²) in [5.41, 5.74) is -0.117. The number of nitrogens with one attached hydrogen (secondary N) is 1. The fourth-order valence-corrected chi connectivity index (χ4v) is 2.77. The summed E-state index contributed by atoms with van der Waals surface area (Å²) < 4.78 is 0. The molecule has 1 unspecified atom stereocenters. The number of rotatable bonds is 5. The molecule has 1 aliphatic heterocycles. The maximum Gasteiger partial charge on any atom is 0.325 e. The third-order valence-electron chi connectivity index (χ3n) is 3.29. The van der Waals surface area contributed by atoms with Crippen molar-refractivity contribution >= 4 is 23.7 Å². The Morgan fingerprint density at radius 2 is 1.95 bits per heavy atom. The van der Waals surface area contributed by atoms with Crippen LogP contribution in [0.3, 0.4) is 0 Å². The molecule has 19 heavy (non-hydrogen) atoms. The van der Waals surface area contributed by atoms with Gasteiger partial charge in [0.15, 0.2) is 0 Å². The first-order valence-electron chi connectivity index (χ1n) is 6.37. The highest BCUT2D eigenvalue weighted by Crippen LogP contribution is 2.28. The topological polar surface area (TPSA) is 49.4 Å². The Morgan fingerprint density at radius 1 is 1.26 bits per heavy atom. The van der Waals surface area contributed by atoms with Gasteiger partial charge in [0.1, 0.15) is 5.54 Å². The van der Waals surface area contributed by atoms with Gasteiger partial charge in [-0.05, 0) is 18.2 Å². The van der Waals surface area contributed by atoms with Gasteiger partial charge in [-0.2, -0.15) is 11.8 Å². The fraction of sp³-hybridized carbons (Fsp3) is 0.429. The van der Waals surface area contributed by atoms with E-state index in [-0.39, 0.29) is 11.9 Å². The normalized spacial score (nSPS) is 22.7. The van der Waals surface area contributed by atoms with E-state index in [2.05, 4.69) is 12.2 Å². The van der Waals surface area contributed by atoms with E-state index in [0.717, 1.165) is 17.1 Å². The Balaban J connectivity index is 2.17. The summed E-state index contributed by atoms with van der Waals surface area (Å²) in [6.45, 7) is 4.28. The minimum atomic E-state index is -0.935. The van der Waals surface area contributed by atoms with Crippen molar-refractivity contribution in [3.8, 4) is 0 Å². The van der Waals surface area contributed by atoms with Crippen LogP contribution in [-0.2, 0) is 10.3 Å². The van der Waals surface area contributed by atoms with Gasteiger partial charge in [0.05, 0.1) is 0 Å². The first kappa shape index (κ1) is 13.9. The Hall–Kier alpha value is -1.49. The molecule has 1 aliphatic rings. The molecule has 1 fully saturated rings. The average Bonchev–Trinajstić information content (AvgIpc) is 2.64. The van der Waals surface area contributed by atoms with Crippen molar-refractivity contribution in [1.29, 1.82) is 0 Å². The van der Waals surface area contributed by atoms with Crippen molar-refractivity contribution in [1.82, 2.24) is 10.2 Å². The molecule has 1 atom stereocenters. The van der Waals surface area contributed by atoms with Crippen molar-refractivity contribution in [3.63, 3.8) is 0 Å². The molecule has 0 aliphatic carbocycles. The summed E-state index contributed by atoms with van der Waals surface area (Å²) >= 11 is 1.72. The summed E-state index contributed by atoms with van der Waals surface area (Å²) in [6.07, 6.45) is 0. The second kappa shape index (κ2) is 5.65. The fourth-order valence-electron chi connectivity index (χ4n) is 2.17. The number of nitrogens with zero attached hydrogens (tertiary/aromatic N) is 1. The van der Waals surface area contributed by atoms with E-state index < -0.39 is 5.54 Å². The molecule has 0 radical (unpaired) electrons. The van der Waals surface area contributed by atoms with E-state index in [9.17, 15) is 9.59 Å². The third kappa shape index (κ3) is 2.61. The minimum Gasteiger partial charge on any atom is -0.319 e. The average molecular weight is 278 g/mol. The van der Waals surface area contributed by atoms with Crippen LogP contribution in [0.25, 0.3) is 0 Å². The van der Waals surface area contributed by atoms with Gasteiger partial charge in [-0.25, -0.2) is 4.79 Å². The molecule has 1 aromatic carbocycles. The van der Waals surface area contributed by atoms with Crippen LogP contribution >= 0.6 is 11.8 Å². The smallest absolute Gasteiger partial charge is 0.319 e. The zero-order chi connectivity index (χ0) is 13.9. The number of thioether (sulfide) groups is 1. The Labute approximate surface area is 117 Å². The van der Waals surface area contributed by atoms with Gasteiger partial charge in [0, 0.05) is 12.3 Å². The van der Waals surface area contributed by atoms with Crippen molar-refractivity contribution < 1.29 is 9.59 Å². The van der Waals surface area contributed by atoms with Crippen molar-refractivity contribution in [2.45, 2.75) is 19.4 Å². The number of carbonyl (C=O) groups is 2. The molecule has 0 bridgehead atoms. The number of imide groups is 1. The lowest BCUT2D eigenvalue weighted by atomic mass is 9.92. The van der Waals surface area contributed by atoms with Gasteiger partial charge in [-0.3, -0.25) is 9.69 Å². The number of amides is 3. The monoisotopic (exact) mass is 278 g/mol. The molecular weight excluding hydrogens is 260 g/mol. The molecule has 1 aromatic rings. The molecule has 4 nitrogen and oxygen atoms in total. The first-order valence-corrected chi connectivity index (χ1v) is 7.52. The van der Waals surface area contributed by atoms with Gasteiger partial charge in [0.25, 0.3) is 5.91 Å². The number of hydrogen-bond acceptors (Lipinski definition) is 3. The summed E-state index contributed by atoms with van der Waals surface area (Å²) in [4.78, 5) is 25.7.